The van der Waals surface area contributed by atoms with Crippen molar-refractivity contribution in [3.63, 3.8) is 0 Å². The van der Waals surface area contributed by atoms with E-state index in [1.165, 1.54) is 17.5 Å². The van der Waals surface area contributed by atoms with Crippen molar-refractivity contribution in [3.05, 3.63) is 64.2 Å². The first-order chi connectivity index (χ1) is 15.4. The molecular weight excluding hydrogens is 444 g/mol. The number of benzene rings is 2. The number of unbranched alkanes of at least 4 members (excludes halogenated alkanes) is 1. The molecule has 1 aliphatic heterocycles. The highest BCUT2D eigenvalue weighted by Crippen LogP contribution is 2.48. The van der Waals surface area contributed by atoms with Gasteiger partial charge in [-0.2, -0.15) is 0 Å². The van der Waals surface area contributed by atoms with Crippen molar-refractivity contribution in [1.29, 1.82) is 0 Å². The third-order valence-electron chi connectivity index (χ3n) is 6.50. The van der Waals surface area contributed by atoms with Crippen LogP contribution in [0.1, 0.15) is 55.7 Å². The summed E-state index contributed by atoms with van der Waals surface area (Å²) in [5.41, 5.74) is 4.81. The number of sulfonamides is 1. The van der Waals surface area contributed by atoms with Crippen LogP contribution in [0.25, 0.3) is 0 Å². The molecule has 5 nitrogen and oxygen atoms in total. The predicted octanol–water partition coefficient (Wildman–Crippen LogP) is 4.91. The van der Waals surface area contributed by atoms with Crippen molar-refractivity contribution >= 4 is 27.3 Å². The van der Waals surface area contributed by atoms with Crippen LogP contribution in [0, 0.1) is 0 Å². The molecule has 32 heavy (non-hydrogen) atoms. The Hall–Kier alpha value is -1.89. The summed E-state index contributed by atoms with van der Waals surface area (Å²) in [5, 5.41) is 0.746. The average Bonchev–Trinajstić information content (AvgIpc) is 2.76. The van der Waals surface area contributed by atoms with E-state index in [4.69, 9.17) is 21.3 Å². The quantitative estimate of drug-likeness (QED) is 0.497. The Morgan fingerprint density at radius 1 is 1.16 bits per heavy atom. The highest BCUT2D eigenvalue weighted by molar-refractivity contribution is 7.89. The Labute approximate surface area is 196 Å². The molecule has 2 aliphatic rings. The van der Waals surface area contributed by atoms with Gasteiger partial charge in [-0.15, -0.1) is 0 Å². The number of ether oxygens (including phenoxy) is 1. The maximum atomic E-state index is 12.0. The molecule has 1 saturated carbocycles. The standard InChI is InChI=1S/C25H31ClN2O3S/c1-2-3-17-32(29,30)28-15-16-31-22-10-5-19-11-14-27-24(23(19)18-22)25(12-4-13-25)20-6-8-21(26)9-7-20/h5-10,18,28H,2-4,11-17H2,1H3. The molecular formula is C25H31ClN2O3S. The molecule has 1 N–H and O–H groups in total. The van der Waals surface area contributed by atoms with Gasteiger partial charge < -0.3 is 4.74 Å². The molecule has 0 amide bonds. The number of halogens is 1. The third kappa shape index (κ3) is 5.03. The minimum atomic E-state index is -3.23. The number of rotatable bonds is 10. The zero-order chi connectivity index (χ0) is 22.6. The lowest BCUT2D eigenvalue weighted by Crippen LogP contribution is -2.44. The van der Waals surface area contributed by atoms with Crippen LogP contribution in [0.2, 0.25) is 5.02 Å². The van der Waals surface area contributed by atoms with Crippen LogP contribution < -0.4 is 9.46 Å². The van der Waals surface area contributed by atoms with E-state index in [0.717, 1.165) is 54.3 Å². The molecule has 1 aliphatic carbocycles. The van der Waals surface area contributed by atoms with Gasteiger partial charge in [0.15, 0.2) is 0 Å². The van der Waals surface area contributed by atoms with E-state index in [1.807, 2.05) is 25.1 Å². The van der Waals surface area contributed by atoms with E-state index in [2.05, 4.69) is 29.0 Å². The SMILES string of the molecule is CCCCS(=O)(=O)NCCOc1ccc2c(c1)C(C1(c3ccc(Cl)cc3)CCC1)=NCC2. The number of hydrogen-bond donors (Lipinski definition) is 1. The van der Waals surface area contributed by atoms with E-state index in [-0.39, 0.29) is 17.7 Å². The van der Waals surface area contributed by atoms with Crippen LogP contribution in [0.15, 0.2) is 47.5 Å². The highest BCUT2D eigenvalue weighted by Gasteiger charge is 2.45. The molecule has 7 heteroatoms. The Morgan fingerprint density at radius 3 is 2.62 bits per heavy atom. The summed E-state index contributed by atoms with van der Waals surface area (Å²) in [4.78, 5) is 5.00. The smallest absolute Gasteiger partial charge is 0.211 e. The average molecular weight is 475 g/mol. The first-order valence-electron chi connectivity index (χ1n) is 11.5. The summed E-state index contributed by atoms with van der Waals surface area (Å²) < 4.78 is 32.4. The zero-order valence-corrected chi connectivity index (χ0v) is 20.1. The second-order valence-corrected chi connectivity index (χ2v) is 11.0. The molecule has 2 aromatic rings. The number of fused-ring (bicyclic) bond motifs is 1. The molecule has 0 aromatic heterocycles. The Kier molecular flexibility index (Phi) is 7.23. The van der Waals surface area contributed by atoms with Crippen molar-refractivity contribution in [1.82, 2.24) is 4.72 Å². The van der Waals surface area contributed by atoms with Crippen molar-refractivity contribution < 1.29 is 13.2 Å². The van der Waals surface area contributed by atoms with Crippen molar-refractivity contribution in [3.8, 4) is 5.75 Å². The summed E-state index contributed by atoms with van der Waals surface area (Å²) in [7, 11) is -3.23. The second-order valence-electron chi connectivity index (χ2n) is 8.66. The van der Waals surface area contributed by atoms with Gasteiger partial charge >= 0.3 is 0 Å². The molecule has 0 atom stereocenters. The van der Waals surface area contributed by atoms with Gasteiger partial charge in [0.1, 0.15) is 12.4 Å². The van der Waals surface area contributed by atoms with Gasteiger partial charge in [-0.1, -0.05) is 49.6 Å². The summed E-state index contributed by atoms with van der Waals surface area (Å²) in [6.07, 6.45) is 5.79. The molecule has 172 valence electrons. The monoisotopic (exact) mass is 474 g/mol. The van der Waals surface area contributed by atoms with Crippen LogP contribution >= 0.6 is 11.6 Å². The van der Waals surface area contributed by atoms with Gasteiger partial charge in [0, 0.05) is 29.1 Å². The van der Waals surface area contributed by atoms with Crippen LogP contribution in [-0.2, 0) is 21.9 Å². The van der Waals surface area contributed by atoms with Crippen molar-refractivity contribution in [2.45, 2.75) is 50.9 Å². The number of nitrogens with zero attached hydrogens (tertiary/aromatic N) is 1. The zero-order valence-electron chi connectivity index (χ0n) is 18.6. The van der Waals surface area contributed by atoms with E-state index < -0.39 is 10.0 Å². The molecule has 4 rings (SSSR count). The summed E-state index contributed by atoms with van der Waals surface area (Å²) >= 11 is 6.13. The fourth-order valence-electron chi connectivity index (χ4n) is 4.60. The van der Waals surface area contributed by atoms with E-state index >= 15 is 0 Å². The van der Waals surface area contributed by atoms with Crippen LogP contribution in [0.4, 0.5) is 0 Å². The maximum absolute atomic E-state index is 12.0. The highest BCUT2D eigenvalue weighted by atomic mass is 35.5. The Morgan fingerprint density at radius 2 is 1.94 bits per heavy atom. The summed E-state index contributed by atoms with van der Waals surface area (Å²) in [5.74, 6) is 0.909. The Bertz CT molecular complexity index is 1080. The van der Waals surface area contributed by atoms with Gasteiger partial charge in [-0.05, 0) is 61.1 Å². The van der Waals surface area contributed by atoms with Gasteiger partial charge in [-0.3, -0.25) is 4.99 Å². The fraction of sp³-hybridized carbons (Fsp3) is 0.480. The van der Waals surface area contributed by atoms with Crippen LogP contribution in [0.3, 0.4) is 0 Å². The summed E-state index contributed by atoms with van der Waals surface area (Å²) in [6.45, 7) is 3.34. The number of aliphatic imine (C=N–C) groups is 1. The minimum Gasteiger partial charge on any atom is -0.492 e. The van der Waals surface area contributed by atoms with Gasteiger partial charge in [-0.25, -0.2) is 13.1 Å². The molecule has 0 radical (unpaired) electrons. The number of nitrogens with one attached hydrogen (secondary N) is 1. The third-order valence-corrected chi connectivity index (χ3v) is 8.23. The van der Waals surface area contributed by atoms with Crippen LogP contribution in [-0.4, -0.2) is 39.6 Å². The van der Waals surface area contributed by atoms with Gasteiger partial charge in [0.05, 0.1) is 11.5 Å². The Balaban J connectivity index is 1.49. The lowest BCUT2D eigenvalue weighted by atomic mass is 9.59. The molecule has 0 bridgehead atoms. The fourth-order valence-corrected chi connectivity index (χ4v) is 5.93. The first kappa shape index (κ1) is 23.3. The topological polar surface area (TPSA) is 67.8 Å². The molecule has 1 heterocycles. The van der Waals surface area contributed by atoms with Crippen LogP contribution in [0.5, 0.6) is 5.75 Å². The molecule has 2 aromatic carbocycles. The molecule has 0 spiro atoms. The summed E-state index contributed by atoms with van der Waals surface area (Å²) in [6, 6.07) is 14.4. The largest absolute Gasteiger partial charge is 0.492 e. The molecule has 1 fully saturated rings. The van der Waals surface area contributed by atoms with E-state index in [1.54, 1.807) is 0 Å². The van der Waals surface area contributed by atoms with E-state index in [0.29, 0.717) is 13.0 Å². The van der Waals surface area contributed by atoms with Gasteiger partial charge in [0.25, 0.3) is 0 Å². The predicted molar refractivity (Wildman–Crippen MR) is 131 cm³/mol. The second kappa shape index (κ2) is 9.94. The minimum absolute atomic E-state index is 0.0622. The van der Waals surface area contributed by atoms with Gasteiger partial charge in [0.2, 0.25) is 10.0 Å². The van der Waals surface area contributed by atoms with Crippen molar-refractivity contribution in [2.24, 2.45) is 4.99 Å². The lowest BCUT2D eigenvalue weighted by molar-refractivity contribution is 0.322. The lowest BCUT2D eigenvalue weighted by Gasteiger charge is -2.45. The maximum Gasteiger partial charge on any atom is 0.211 e. The normalized spacial score (nSPS) is 17.2. The first-order valence-corrected chi connectivity index (χ1v) is 13.5. The molecule has 0 saturated heterocycles. The van der Waals surface area contributed by atoms with Crippen molar-refractivity contribution in [2.75, 3.05) is 25.4 Å². The van der Waals surface area contributed by atoms with E-state index in [9.17, 15) is 8.42 Å². The number of hydrogen-bond acceptors (Lipinski definition) is 4. The molecule has 0 unspecified atom stereocenters.